The number of anilines is 2. The van der Waals surface area contributed by atoms with Crippen LogP contribution >= 0.6 is 11.3 Å². The smallest absolute Gasteiger partial charge is 0.226 e. The summed E-state index contributed by atoms with van der Waals surface area (Å²) in [6, 6.07) is 7.64. The van der Waals surface area contributed by atoms with Gasteiger partial charge in [0, 0.05) is 30.9 Å². The minimum Gasteiger partial charge on any atom is -0.375 e. The van der Waals surface area contributed by atoms with Crippen LogP contribution in [0, 0.1) is 0 Å². The van der Waals surface area contributed by atoms with E-state index in [-0.39, 0.29) is 24.2 Å². The first kappa shape index (κ1) is 15.3. The van der Waals surface area contributed by atoms with Gasteiger partial charge in [-0.15, -0.1) is 0 Å². The van der Waals surface area contributed by atoms with Crippen molar-refractivity contribution in [3.8, 4) is 0 Å². The number of benzene rings is 1. The fourth-order valence-electron chi connectivity index (χ4n) is 3.16. The fraction of sp³-hybridized carbons (Fsp3) is 0.353. The van der Waals surface area contributed by atoms with Gasteiger partial charge in [0.15, 0.2) is 5.13 Å². The average molecular weight is 343 g/mol. The molecule has 4 rings (SSSR count). The third-order valence-corrected chi connectivity index (χ3v) is 5.27. The van der Waals surface area contributed by atoms with Crippen LogP contribution in [0.5, 0.6) is 0 Å². The molecule has 0 radical (unpaired) electrons. The molecule has 2 N–H and O–H groups in total. The van der Waals surface area contributed by atoms with Gasteiger partial charge in [-0.05, 0) is 11.6 Å². The zero-order valence-corrected chi connectivity index (χ0v) is 13.8. The molecule has 1 atom stereocenters. The summed E-state index contributed by atoms with van der Waals surface area (Å²) in [5.41, 5.74) is 2.83. The number of carbonyl (C=O) groups excluding carboxylic acids is 2. The van der Waals surface area contributed by atoms with E-state index in [0.717, 1.165) is 28.2 Å². The van der Waals surface area contributed by atoms with Gasteiger partial charge in [0.25, 0.3) is 0 Å². The van der Waals surface area contributed by atoms with Crippen LogP contribution in [0.3, 0.4) is 0 Å². The molecular weight excluding hydrogens is 326 g/mol. The number of para-hydroxylation sites is 1. The lowest BCUT2D eigenvalue weighted by Crippen LogP contribution is -2.25. The molecule has 0 spiro atoms. The summed E-state index contributed by atoms with van der Waals surface area (Å²) in [5, 5.41) is 6.34. The molecule has 0 aliphatic carbocycles. The highest BCUT2D eigenvalue weighted by Crippen LogP contribution is 2.34. The van der Waals surface area contributed by atoms with Crippen LogP contribution < -0.4 is 10.6 Å². The molecule has 1 unspecified atom stereocenters. The number of ether oxygens (including phenoxy) is 1. The normalized spacial score (nSPS) is 19.2. The number of hydrogen-bond donors (Lipinski definition) is 2. The van der Waals surface area contributed by atoms with Gasteiger partial charge < -0.3 is 15.4 Å². The van der Waals surface area contributed by atoms with Gasteiger partial charge in [-0.25, -0.2) is 4.98 Å². The van der Waals surface area contributed by atoms with Crippen molar-refractivity contribution in [2.75, 3.05) is 17.2 Å². The van der Waals surface area contributed by atoms with Crippen LogP contribution in [-0.2, 0) is 27.4 Å². The van der Waals surface area contributed by atoms with Crippen molar-refractivity contribution in [2.45, 2.75) is 31.8 Å². The number of amides is 2. The molecule has 6 nitrogen and oxygen atoms in total. The predicted octanol–water partition coefficient (Wildman–Crippen LogP) is 2.67. The molecule has 0 saturated carbocycles. The summed E-state index contributed by atoms with van der Waals surface area (Å²) in [4.78, 5) is 29.8. The van der Waals surface area contributed by atoms with E-state index in [2.05, 4.69) is 15.6 Å². The minimum absolute atomic E-state index is 0.0478. The minimum atomic E-state index is -0.114. The van der Waals surface area contributed by atoms with Crippen LogP contribution in [-0.4, -0.2) is 23.4 Å². The molecule has 0 saturated heterocycles. The van der Waals surface area contributed by atoms with Crippen molar-refractivity contribution in [3.05, 3.63) is 40.4 Å². The summed E-state index contributed by atoms with van der Waals surface area (Å²) in [6.45, 7) is 1.25. The van der Waals surface area contributed by atoms with Gasteiger partial charge in [-0.3, -0.25) is 9.59 Å². The lowest BCUT2D eigenvalue weighted by Gasteiger charge is -2.24. The van der Waals surface area contributed by atoms with Gasteiger partial charge in [-0.1, -0.05) is 29.5 Å². The summed E-state index contributed by atoms with van der Waals surface area (Å²) in [6.07, 6.45) is 1.38. The first-order valence-electron chi connectivity index (χ1n) is 7.94. The Balaban J connectivity index is 1.46. The van der Waals surface area contributed by atoms with Crippen molar-refractivity contribution in [2.24, 2.45) is 0 Å². The summed E-state index contributed by atoms with van der Waals surface area (Å²) in [7, 11) is 0. The highest BCUT2D eigenvalue weighted by Gasteiger charge is 2.27. The second-order valence-electron chi connectivity index (χ2n) is 5.98. The number of carbonyl (C=O) groups is 2. The Morgan fingerprint density at radius 2 is 2.29 bits per heavy atom. The van der Waals surface area contributed by atoms with E-state index >= 15 is 0 Å². The molecule has 0 bridgehead atoms. The first-order valence-corrected chi connectivity index (χ1v) is 8.75. The zero-order valence-electron chi connectivity index (χ0n) is 13.0. The molecule has 2 aliphatic rings. The Labute approximate surface area is 143 Å². The van der Waals surface area contributed by atoms with Crippen LogP contribution in [0.15, 0.2) is 24.3 Å². The number of rotatable bonds is 3. The highest BCUT2D eigenvalue weighted by molar-refractivity contribution is 7.15. The monoisotopic (exact) mass is 343 g/mol. The van der Waals surface area contributed by atoms with Crippen molar-refractivity contribution in [1.82, 2.24) is 4.98 Å². The van der Waals surface area contributed by atoms with E-state index in [9.17, 15) is 9.59 Å². The van der Waals surface area contributed by atoms with E-state index in [1.54, 1.807) is 0 Å². The topological polar surface area (TPSA) is 80.3 Å². The maximum absolute atomic E-state index is 12.4. The Kier molecular flexibility index (Phi) is 4.03. The lowest BCUT2D eigenvalue weighted by atomic mass is 9.88. The van der Waals surface area contributed by atoms with Crippen molar-refractivity contribution in [3.63, 3.8) is 0 Å². The van der Waals surface area contributed by atoms with Gasteiger partial charge in [0.05, 0.1) is 23.8 Å². The maximum atomic E-state index is 12.4. The molecule has 2 aromatic rings. The molecule has 2 aliphatic heterocycles. The Bertz CT molecular complexity index is 779. The standard InChI is InChI=1S/C17H17N3O3S/c21-15-7-10(11-3-1-2-4-12(11)18-15)8-16(22)20-17-19-13-5-6-23-9-14(13)24-17/h1-4,10H,5-9H2,(H,18,21)(H,19,20,22). The number of nitrogens with zero attached hydrogens (tertiary/aromatic N) is 1. The van der Waals surface area contributed by atoms with Gasteiger partial charge >= 0.3 is 0 Å². The van der Waals surface area contributed by atoms with Crippen LogP contribution in [0.25, 0.3) is 0 Å². The van der Waals surface area contributed by atoms with E-state index in [4.69, 9.17) is 4.74 Å². The Hall–Kier alpha value is -2.25. The van der Waals surface area contributed by atoms with E-state index in [1.807, 2.05) is 24.3 Å². The van der Waals surface area contributed by atoms with Gasteiger partial charge in [-0.2, -0.15) is 0 Å². The third-order valence-electron chi connectivity index (χ3n) is 4.28. The van der Waals surface area contributed by atoms with Crippen molar-refractivity contribution >= 4 is 34.0 Å². The number of nitrogens with one attached hydrogen (secondary N) is 2. The summed E-state index contributed by atoms with van der Waals surface area (Å²) >= 11 is 1.46. The molecule has 0 fully saturated rings. The molecule has 124 valence electrons. The van der Waals surface area contributed by atoms with E-state index < -0.39 is 0 Å². The summed E-state index contributed by atoms with van der Waals surface area (Å²) < 4.78 is 5.40. The number of aromatic nitrogens is 1. The Morgan fingerprint density at radius 3 is 3.17 bits per heavy atom. The second-order valence-corrected chi connectivity index (χ2v) is 7.06. The van der Waals surface area contributed by atoms with Crippen molar-refractivity contribution < 1.29 is 14.3 Å². The van der Waals surface area contributed by atoms with Gasteiger partial charge in [0.2, 0.25) is 11.8 Å². The molecule has 7 heteroatoms. The zero-order chi connectivity index (χ0) is 16.5. The quantitative estimate of drug-likeness (QED) is 0.898. The fourth-order valence-corrected chi connectivity index (χ4v) is 4.12. The largest absolute Gasteiger partial charge is 0.375 e. The number of fused-ring (bicyclic) bond motifs is 2. The summed E-state index contributed by atoms with van der Waals surface area (Å²) in [5.74, 6) is -0.266. The molecule has 24 heavy (non-hydrogen) atoms. The maximum Gasteiger partial charge on any atom is 0.226 e. The Morgan fingerprint density at radius 1 is 1.42 bits per heavy atom. The van der Waals surface area contributed by atoms with Crippen LogP contribution in [0.1, 0.15) is 34.9 Å². The van der Waals surface area contributed by atoms with Crippen molar-refractivity contribution in [1.29, 1.82) is 0 Å². The van der Waals surface area contributed by atoms with Crippen LogP contribution in [0.2, 0.25) is 0 Å². The predicted molar refractivity (Wildman–Crippen MR) is 91.2 cm³/mol. The third kappa shape index (κ3) is 3.05. The van der Waals surface area contributed by atoms with Gasteiger partial charge in [0.1, 0.15) is 0 Å². The second kappa shape index (κ2) is 6.33. The number of thiazole rings is 1. The highest BCUT2D eigenvalue weighted by atomic mass is 32.1. The molecular formula is C17H17N3O3S. The first-order chi connectivity index (χ1) is 11.7. The molecule has 3 heterocycles. The molecule has 1 aromatic heterocycles. The SMILES string of the molecule is O=C(CC1CC(=O)Nc2ccccc21)Nc1nc2c(s1)COCC2. The lowest BCUT2D eigenvalue weighted by molar-refractivity contribution is -0.118. The number of hydrogen-bond acceptors (Lipinski definition) is 5. The van der Waals surface area contributed by atoms with E-state index in [0.29, 0.717) is 24.8 Å². The molecule has 2 amide bonds. The molecule has 1 aromatic carbocycles. The van der Waals surface area contributed by atoms with Crippen LogP contribution in [0.4, 0.5) is 10.8 Å². The van der Waals surface area contributed by atoms with E-state index in [1.165, 1.54) is 11.3 Å². The average Bonchev–Trinajstić information content (AvgIpc) is 2.96.